The molecule has 0 unspecified atom stereocenters. The summed E-state index contributed by atoms with van der Waals surface area (Å²) in [6.45, 7) is 0.874. The standard InChI is InChI=1S/C24H23BF3N/c1-29(2)17-3-4-24(18-5-11-21(26)12-6-18)25(29,19-7-13-22(27)14-8-19)20-9-15-23(28)16-10-20/h4-16H,3,17H2,1-2H3. The Labute approximate surface area is 169 Å². The molecule has 1 aliphatic rings. The van der Waals surface area contributed by atoms with Gasteiger partial charge in [0.2, 0.25) is 0 Å². The zero-order valence-electron chi connectivity index (χ0n) is 16.6. The van der Waals surface area contributed by atoms with E-state index in [0.717, 1.165) is 34.9 Å². The van der Waals surface area contributed by atoms with Gasteiger partial charge in [0.05, 0.1) is 0 Å². The molecule has 0 radical (unpaired) electrons. The maximum atomic E-state index is 13.8. The number of hydrogen-bond donors (Lipinski definition) is 0. The van der Waals surface area contributed by atoms with Gasteiger partial charge in [-0.25, -0.2) is 13.2 Å². The fraction of sp³-hybridized carbons (Fsp3) is 0.167. The average molecular weight is 393 g/mol. The fourth-order valence-electron chi connectivity index (χ4n) is 5.14. The van der Waals surface area contributed by atoms with Crippen LogP contribution in [0.25, 0.3) is 5.47 Å². The number of quaternary nitrogens is 1. The quantitative estimate of drug-likeness (QED) is 0.584. The van der Waals surface area contributed by atoms with E-state index in [4.69, 9.17) is 0 Å². The molecule has 3 aromatic carbocycles. The predicted molar refractivity (Wildman–Crippen MR) is 114 cm³/mol. The van der Waals surface area contributed by atoms with E-state index in [1.807, 2.05) is 24.3 Å². The molecule has 0 spiro atoms. The first-order chi connectivity index (χ1) is 13.8. The van der Waals surface area contributed by atoms with Crippen molar-refractivity contribution in [2.45, 2.75) is 6.42 Å². The van der Waals surface area contributed by atoms with E-state index < -0.39 is 6.28 Å². The minimum atomic E-state index is -1.62. The number of rotatable bonds is 3. The third-order valence-electron chi connectivity index (χ3n) is 6.45. The second kappa shape index (κ2) is 7.23. The van der Waals surface area contributed by atoms with Crippen LogP contribution >= 0.6 is 0 Å². The van der Waals surface area contributed by atoms with Gasteiger partial charge < -0.3 is 4.39 Å². The number of benzene rings is 3. The Bertz CT molecular complexity index is 993. The van der Waals surface area contributed by atoms with Crippen LogP contribution in [-0.4, -0.2) is 31.3 Å². The Kier molecular flexibility index (Phi) is 4.87. The lowest BCUT2D eigenvalue weighted by molar-refractivity contribution is -0.786. The smallest absolute Gasteiger partial charge is 0.290 e. The Balaban J connectivity index is 2.07. The summed E-state index contributed by atoms with van der Waals surface area (Å²) in [6.07, 6.45) is 1.44. The first-order valence-corrected chi connectivity index (χ1v) is 9.81. The molecule has 0 bridgehead atoms. The third-order valence-corrected chi connectivity index (χ3v) is 6.45. The monoisotopic (exact) mass is 393 g/mol. The van der Waals surface area contributed by atoms with E-state index in [9.17, 15) is 13.2 Å². The first-order valence-electron chi connectivity index (χ1n) is 9.81. The molecule has 0 saturated heterocycles. The molecule has 1 heterocycles. The Morgan fingerprint density at radius 1 is 0.655 bits per heavy atom. The van der Waals surface area contributed by atoms with Crippen LogP contribution < -0.4 is 10.9 Å². The molecular formula is C24H23BF3N. The van der Waals surface area contributed by atoms with E-state index in [1.165, 1.54) is 36.4 Å². The van der Waals surface area contributed by atoms with Gasteiger partial charge in [0.25, 0.3) is 6.28 Å². The summed E-state index contributed by atoms with van der Waals surface area (Å²) in [5, 5.41) is 0. The molecule has 0 N–H and O–H groups in total. The highest BCUT2D eigenvalue weighted by molar-refractivity contribution is 7.10. The molecule has 5 heteroatoms. The third kappa shape index (κ3) is 3.20. The van der Waals surface area contributed by atoms with Crippen molar-refractivity contribution in [2.24, 2.45) is 0 Å². The van der Waals surface area contributed by atoms with E-state index in [2.05, 4.69) is 20.2 Å². The molecular weight excluding hydrogens is 370 g/mol. The Morgan fingerprint density at radius 2 is 1.07 bits per heavy atom. The second-order valence-corrected chi connectivity index (χ2v) is 8.38. The van der Waals surface area contributed by atoms with Gasteiger partial charge in [-0.2, -0.15) is 0 Å². The van der Waals surface area contributed by atoms with Crippen LogP contribution in [0, 0.1) is 17.5 Å². The summed E-state index contributed by atoms with van der Waals surface area (Å²) >= 11 is 0. The minimum absolute atomic E-state index is 0.291. The van der Waals surface area contributed by atoms with E-state index in [1.54, 1.807) is 12.1 Å². The van der Waals surface area contributed by atoms with Crippen LogP contribution in [0.1, 0.15) is 12.0 Å². The molecule has 1 aliphatic heterocycles. The lowest BCUT2D eigenvalue weighted by atomic mass is 9.20. The molecule has 1 nitrogen and oxygen atoms in total. The zero-order valence-corrected chi connectivity index (χ0v) is 16.6. The van der Waals surface area contributed by atoms with Crippen molar-refractivity contribution in [2.75, 3.05) is 20.6 Å². The lowest BCUT2D eigenvalue weighted by Gasteiger charge is -2.60. The summed E-state index contributed by atoms with van der Waals surface area (Å²) < 4.78 is 41.8. The second-order valence-electron chi connectivity index (χ2n) is 8.38. The van der Waals surface area contributed by atoms with Crippen molar-refractivity contribution in [3.05, 3.63) is 102 Å². The zero-order chi connectivity index (χ0) is 20.6. The molecule has 0 amide bonds. The Hall–Kier alpha value is -2.79. The maximum Gasteiger partial charge on any atom is 0.290 e. The van der Waals surface area contributed by atoms with Crippen LogP contribution in [-0.2, 0) is 0 Å². The van der Waals surface area contributed by atoms with Crippen molar-refractivity contribution in [3.63, 3.8) is 0 Å². The topological polar surface area (TPSA) is 0 Å². The SMILES string of the molecule is C[N+]1(C)CCC=C(c2ccc(F)cc2)[B-]1(c1ccc(F)cc1)c1ccc(F)cc1. The summed E-state index contributed by atoms with van der Waals surface area (Å²) in [6, 6.07) is 19.7. The largest absolute Gasteiger partial charge is 0.509 e. The van der Waals surface area contributed by atoms with Crippen molar-refractivity contribution in [1.29, 1.82) is 0 Å². The first kappa shape index (κ1) is 19.5. The maximum absolute atomic E-state index is 13.8. The van der Waals surface area contributed by atoms with Crippen LogP contribution in [0.3, 0.4) is 0 Å². The van der Waals surface area contributed by atoms with Crippen LogP contribution in [0.4, 0.5) is 13.2 Å². The highest BCUT2D eigenvalue weighted by Crippen LogP contribution is 2.36. The Morgan fingerprint density at radius 3 is 1.52 bits per heavy atom. The van der Waals surface area contributed by atoms with Gasteiger partial charge in [-0.05, 0) is 36.4 Å². The average Bonchev–Trinajstić information content (AvgIpc) is 2.70. The van der Waals surface area contributed by atoms with E-state index in [0.29, 0.717) is 4.39 Å². The number of halogens is 3. The summed E-state index contributed by atoms with van der Waals surface area (Å²) in [5.74, 6) is -0.889. The van der Waals surface area contributed by atoms with Gasteiger partial charge in [-0.1, -0.05) is 42.0 Å². The molecule has 148 valence electrons. The molecule has 0 aliphatic carbocycles. The highest BCUT2D eigenvalue weighted by atomic mass is 19.1. The molecule has 29 heavy (non-hydrogen) atoms. The van der Waals surface area contributed by atoms with E-state index >= 15 is 0 Å². The van der Waals surface area contributed by atoms with Gasteiger partial charge in [0, 0.05) is 27.1 Å². The lowest BCUT2D eigenvalue weighted by Crippen LogP contribution is -2.79. The fourth-order valence-corrected chi connectivity index (χ4v) is 5.14. The molecule has 4 rings (SSSR count). The summed E-state index contributed by atoms with van der Waals surface area (Å²) in [7, 11) is 4.31. The van der Waals surface area contributed by atoms with Gasteiger partial charge in [0.1, 0.15) is 17.5 Å². The minimum Gasteiger partial charge on any atom is -0.509 e. The van der Waals surface area contributed by atoms with E-state index in [-0.39, 0.29) is 17.5 Å². The van der Waals surface area contributed by atoms with Gasteiger partial charge in [0.15, 0.2) is 0 Å². The number of nitrogens with zero attached hydrogens (tertiary/aromatic N) is 1. The van der Waals surface area contributed by atoms with Crippen molar-refractivity contribution >= 4 is 22.7 Å². The van der Waals surface area contributed by atoms with Crippen molar-refractivity contribution in [1.82, 2.24) is 0 Å². The van der Waals surface area contributed by atoms with Crippen molar-refractivity contribution < 1.29 is 17.6 Å². The predicted octanol–water partition coefficient (Wildman–Crippen LogP) is 4.27. The van der Waals surface area contributed by atoms with Crippen LogP contribution in [0.5, 0.6) is 0 Å². The van der Waals surface area contributed by atoms with Crippen LogP contribution in [0.15, 0.2) is 78.9 Å². The molecule has 3 aromatic rings. The summed E-state index contributed by atoms with van der Waals surface area (Å²) in [5.41, 5.74) is 3.93. The van der Waals surface area contributed by atoms with Crippen LogP contribution in [0.2, 0.25) is 0 Å². The highest BCUT2D eigenvalue weighted by Gasteiger charge is 2.49. The summed E-state index contributed by atoms with van der Waals surface area (Å²) in [4.78, 5) is 0. The van der Waals surface area contributed by atoms with Gasteiger partial charge in [-0.15, -0.1) is 22.5 Å². The molecule has 0 aromatic heterocycles. The normalized spacial score (nSPS) is 17.6. The van der Waals surface area contributed by atoms with Gasteiger partial charge >= 0.3 is 0 Å². The van der Waals surface area contributed by atoms with Gasteiger partial charge in [-0.3, -0.25) is 0 Å². The molecule has 0 fully saturated rings. The van der Waals surface area contributed by atoms with Crippen molar-refractivity contribution in [3.8, 4) is 0 Å². The molecule has 0 saturated carbocycles. The number of hydrogen-bond acceptors (Lipinski definition) is 0. The molecule has 0 atom stereocenters.